The highest BCUT2D eigenvalue weighted by Crippen LogP contribution is 2.34. The molecule has 1 aliphatic carbocycles. The Morgan fingerprint density at radius 3 is 2.83 bits per heavy atom. The Labute approximate surface area is 110 Å². The first-order valence-electron chi connectivity index (χ1n) is 7.22. The molecule has 3 heteroatoms. The Bertz CT molecular complexity index is 375. The lowest BCUT2D eigenvalue weighted by Gasteiger charge is -2.30. The van der Waals surface area contributed by atoms with Crippen molar-refractivity contribution < 1.29 is 0 Å². The molecule has 0 spiro atoms. The van der Waals surface area contributed by atoms with Crippen molar-refractivity contribution in [3.63, 3.8) is 0 Å². The van der Waals surface area contributed by atoms with Crippen LogP contribution in [0, 0.1) is 5.92 Å². The Kier molecular flexibility index (Phi) is 3.62. The fraction of sp³-hybridized carbons (Fsp3) is 0.667. The van der Waals surface area contributed by atoms with Gasteiger partial charge in [0, 0.05) is 37.6 Å². The smallest absolute Gasteiger partial charge is 0.0321 e. The average Bonchev–Trinajstić information content (AvgIpc) is 3.24. The molecule has 1 N–H and O–H groups in total. The summed E-state index contributed by atoms with van der Waals surface area (Å²) in [6.07, 6.45) is 7.92. The van der Waals surface area contributed by atoms with E-state index in [-0.39, 0.29) is 0 Å². The average molecular weight is 245 g/mol. The molecule has 98 valence electrons. The number of nitrogens with one attached hydrogen (secondary N) is 1. The molecule has 2 unspecified atom stereocenters. The second kappa shape index (κ2) is 5.37. The van der Waals surface area contributed by atoms with Crippen molar-refractivity contribution in [1.29, 1.82) is 0 Å². The van der Waals surface area contributed by atoms with Crippen LogP contribution in [0.15, 0.2) is 24.5 Å². The molecule has 2 atom stereocenters. The summed E-state index contributed by atoms with van der Waals surface area (Å²) in [4.78, 5) is 6.75. The Hall–Kier alpha value is -0.930. The molecule has 3 nitrogen and oxygen atoms in total. The van der Waals surface area contributed by atoms with Crippen molar-refractivity contribution in [2.75, 3.05) is 19.6 Å². The lowest BCUT2D eigenvalue weighted by molar-refractivity contribution is 0.200. The van der Waals surface area contributed by atoms with Crippen molar-refractivity contribution in [2.45, 2.75) is 38.3 Å². The summed E-state index contributed by atoms with van der Waals surface area (Å²) in [7, 11) is 0. The number of hydrogen-bond donors (Lipinski definition) is 1. The van der Waals surface area contributed by atoms with Gasteiger partial charge in [0.25, 0.3) is 0 Å². The van der Waals surface area contributed by atoms with Crippen LogP contribution in [0.2, 0.25) is 0 Å². The van der Waals surface area contributed by atoms with Crippen LogP contribution >= 0.6 is 0 Å². The van der Waals surface area contributed by atoms with E-state index in [9.17, 15) is 0 Å². The third-order valence-electron chi connectivity index (χ3n) is 4.39. The van der Waals surface area contributed by atoms with Crippen molar-refractivity contribution >= 4 is 0 Å². The minimum atomic E-state index is 0.508. The minimum absolute atomic E-state index is 0.508. The molecule has 0 radical (unpaired) electrons. The first-order chi connectivity index (χ1) is 8.84. The molecule has 18 heavy (non-hydrogen) atoms. The molecule has 1 aromatic heterocycles. The monoisotopic (exact) mass is 245 g/mol. The predicted molar refractivity (Wildman–Crippen MR) is 73.4 cm³/mol. The fourth-order valence-electron chi connectivity index (χ4n) is 3.00. The van der Waals surface area contributed by atoms with Gasteiger partial charge in [-0.15, -0.1) is 0 Å². The molecule has 2 fully saturated rings. The molecule has 0 aromatic carbocycles. The molecule has 1 saturated heterocycles. The van der Waals surface area contributed by atoms with E-state index in [4.69, 9.17) is 0 Å². The van der Waals surface area contributed by atoms with Crippen molar-refractivity contribution in [3.05, 3.63) is 30.1 Å². The molecule has 1 aliphatic heterocycles. The molecule has 0 amide bonds. The SMILES string of the molecule is CC(c1ccncc1)N1CCCNC(C2CC2)C1. The lowest BCUT2D eigenvalue weighted by atomic mass is 10.1. The Balaban J connectivity index is 1.69. The highest BCUT2D eigenvalue weighted by molar-refractivity contribution is 5.14. The zero-order chi connectivity index (χ0) is 12.4. The zero-order valence-electron chi connectivity index (χ0n) is 11.2. The van der Waals surface area contributed by atoms with Crippen molar-refractivity contribution in [3.8, 4) is 0 Å². The van der Waals surface area contributed by atoms with Gasteiger partial charge < -0.3 is 5.32 Å². The van der Waals surface area contributed by atoms with Crippen LogP contribution in [0.1, 0.15) is 37.8 Å². The van der Waals surface area contributed by atoms with Gasteiger partial charge in [-0.1, -0.05) is 0 Å². The van der Waals surface area contributed by atoms with Gasteiger partial charge in [0.15, 0.2) is 0 Å². The largest absolute Gasteiger partial charge is 0.312 e. The highest BCUT2D eigenvalue weighted by Gasteiger charge is 2.34. The molecule has 3 rings (SSSR count). The van der Waals surface area contributed by atoms with Gasteiger partial charge in [0.2, 0.25) is 0 Å². The normalized spacial score (nSPS) is 27.7. The van der Waals surface area contributed by atoms with Gasteiger partial charge in [-0.05, 0) is 56.3 Å². The summed E-state index contributed by atoms with van der Waals surface area (Å²) in [6.45, 7) is 5.92. The van der Waals surface area contributed by atoms with Gasteiger partial charge in [-0.2, -0.15) is 0 Å². The van der Waals surface area contributed by atoms with E-state index in [0.717, 1.165) is 12.0 Å². The maximum absolute atomic E-state index is 4.11. The quantitative estimate of drug-likeness (QED) is 0.885. The molecular formula is C15H23N3. The molecule has 0 bridgehead atoms. The van der Waals surface area contributed by atoms with E-state index < -0.39 is 0 Å². The van der Waals surface area contributed by atoms with Crippen LogP contribution in [-0.4, -0.2) is 35.6 Å². The summed E-state index contributed by atoms with van der Waals surface area (Å²) < 4.78 is 0. The van der Waals surface area contributed by atoms with E-state index >= 15 is 0 Å². The van der Waals surface area contributed by atoms with E-state index in [2.05, 4.69) is 34.3 Å². The molecule has 2 aliphatic rings. The van der Waals surface area contributed by atoms with Gasteiger partial charge in [-0.25, -0.2) is 0 Å². The van der Waals surface area contributed by atoms with Crippen molar-refractivity contribution in [2.24, 2.45) is 5.92 Å². The van der Waals surface area contributed by atoms with Crippen LogP contribution in [-0.2, 0) is 0 Å². The maximum Gasteiger partial charge on any atom is 0.0321 e. The molecule has 1 saturated carbocycles. The number of aromatic nitrogens is 1. The molecular weight excluding hydrogens is 222 g/mol. The van der Waals surface area contributed by atoms with Gasteiger partial charge in [-0.3, -0.25) is 9.88 Å². The number of nitrogens with zero attached hydrogens (tertiary/aromatic N) is 2. The Morgan fingerprint density at radius 2 is 2.11 bits per heavy atom. The van der Waals surface area contributed by atoms with E-state index in [1.165, 1.54) is 44.5 Å². The van der Waals surface area contributed by atoms with E-state index in [1.807, 2.05) is 12.4 Å². The predicted octanol–water partition coefficient (Wildman–Crippen LogP) is 2.22. The van der Waals surface area contributed by atoms with E-state index in [1.54, 1.807) is 0 Å². The van der Waals surface area contributed by atoms with Gasteiger partial charge in [0.05, 0.1) is 0 Å². The first-order valence-corrected chi connectivity index (χ1v) is 7.22. The standard InChI is InChI=1S/C15H23N3/c1-12(13-5-8-16-9-6-13)18-10-2-7-17-15(11-18)14-3-4-14/h5-6,8-9,12,14-15,17H,2-4,7,10-11H2,1H3. The minimum Gasteiger partial charge on any atom is -0.312 e. The summed E-state index contributed by atoms with van der Waals surface area (Å²) >= 11 is 0. The fourth-order valence-corrected chi connectivity index (χ4v) is 3.00. The van der Waals surface area contributed by atoms with Crippen LogP contribution in [0.3, 0.4) is 0 Å². The highest BCUT2D eigenvalue weighted by atomic mass is 15.2. The summed E-state index contributed by atoms with van der Waals surface area (Å²) in [5, 5.41) is 3.73. The topological polar surface area (TPSA) is 28.2 Å². The number of pyridine rings is 1. The van der Waals surface area contributed by atoms with Crippen LogP contribution in [0.25, 0.3) is 0 Å². The summed E-state index contributed by atoms with van der Waals surface area (Å²) in [5.41, 5.74) is 1.39. The third-order valence-corrected chi connectivity index (χ3v) is 4.39. The summed E-state index contributed by atoms with van der Waals surface area (Å²) in [5.74, 6) is 0.940. The van der Waals surface area contributed by atoms with Gasteiger partial charge in [0.1, 0.15) is 0 Å². The first kappa shape index (κ1) is 12.1. The molecule has 2 heterocycles. The van der Waals surface area contributed by atoms with Crippen molar-refractivity contribution in [1.82, 2.24) is 15.2 Å². The van der Waals surface area contributed by atoms with Crippen LogP contribution in [0.5, 0.6) is 0 Å². The summed E-state index contributed by atoms with van der Waals surface area (Å²) in [6, 6.07) is 5.52. The lowest BCUT2D eigenvalue weighted by Crippen LogP contribution is -2.40. The molecule has 1 aromatic rings. The second-order valence-corrected chi connectivity index (χ2v) is 5.70. The number of rotatable bonds is 3. The second-order valence-electron chi connectivity index (χ2n) is 5.70. The van der Waals surface area contributed by atoms with Crippen LogP contribution in [0.4, 0.5) is 0 Å². The third kappa shape index (κ3) is 2.73. The zero-order valence-corrected chi connectivity index (χ0v) is 11.2. The number of hydrogen-bond acceptors (Lipinski definition) is 3. The van der Waals surface area contributed by atoms with Gasteiger partial charge >= 0.3 is 0 Å². The Morgan fingerprint density at radius 1 is 1.33 bits per heavy atom. The van der Waals surface area contributed by atoms with E-state index in [0.29, 0.717) is 6.04 Å². The maximum atomic E-state index is 4.11. The van der Waals surface area contributed by atoms with Crippen LogP contribution < -0.4 is 5.32 Å².